The van der Waals surface area contributed by atoms with E-state index in [1.54, 1.807) is 18.6 Å². The Labute approximate surface area is 211 Å². The van der Waals surface area contributed by atoms with Crippen LogP contribution in [-0.2, 0) is 23.8 Å². The molecule has 1 amide bonds. The summed E-state index contributed by atoms with van der Waals surface area (Å²) in [5.41, 5.74) is 0. The van der Waals surface area contributed by atoms with Gasteiger partial charge in [0.1, 0.15) is 12.1 Å². The van der Waals surface area contributed by atoms with Gasteiger partial charge in [-0.25, -0.2) is 9.59 Å². The van der Waals surface area contributed by atoms with E-state index in [9.17, 15) is 14.4 Å². The maximum atomic E-state index is 12.8. The van der Waals surface area contributed by atoms with E-state index in [-0.39, 0.29) is 30.6 Å². The highest BCUT2D eigenvalue weighted by molar-refractivity contribution is 5.81. The van der Waals surface area contributed by atoms with E-state index in [1.165, 1.54) is 12.0 Å². The molecule has 0 radical (unpaired) electrons. The van der Waals surface area contributed by atoms with E-state index in [4.69, 9.17) is 14.2 Å². The summed E-state index contributed by atoms with van der Waals surface area (Å²) >= 11 is 0. The molecule has 3 heterocycles. The van der Waals surface area contributed by atoms with Gasteiger partial charge in [-0.1, -0.05) is 0 Å². The first-order valence-electron chi connectivity index (χ1n) is 13.0. The van der Waals surface area contributed by atoms with Crippen LogP contribution in [0, 0.1) is 24.7 Å². The topological polar surface area (TPSA) is 129 Å². The Balaban J connectivity index is 1.44. The maximum absolute atomic E-state index is 12.8. The van der Waals surface area contributed by atoms with Gasteiger partial charge in [0.25, 0.3) is 0 Å². The molecule has 12 heteroatoms. The van der Waals surface area contributed by atoms with Crippen molar-refractivity contribution in [1.82, 2.24) is 30.0 Å². The molecule has 1 aliphatic carbocycles. The SMILES string of the molecule is CCOC(=O)C1CC(n2nnc(C)n2)CN1CC1CCC2CN(C(=O)OC)C(C(=O)OCC)CC2C1. The highest BCUT2D eigenvalue weighted by Crippen LogP contribution is 2.42. The first kappa shape index (κ1) is 26.3. The summed E-state index contributed by atoms with van der Waals surface area (Å²) in [5, 5.41) is 12.5. The molecule has 1 aromatic rings. The Morgan fingerprint density at radius 1 is 0.944 bits per heavy atom. The highest BCUT2D eigenvalue weighted by atomic mass is 16.6. The molecule has 4 rings (SSSR count). The molecule has 0 aromatic carbocycles. The summed E-state index contributed by atoms with van der Waals surface area (Å²) in [6.45, 7) is 7.92. The van der Waals surface area contributed by atoms with Crippen molar-refractivity contribution in [3.8, 4) is 0 Å². The van der Waals surface area contributed by atoms with Crippen molar-refractivity contribution in [3.05, 3.63) is 5.82 Å². The fraction of sp³-hybridized carbons (Fsp3) is 0.833. The number of amides is 1. The van der Waals surface area contributed by atoms with Crippen LogP contribution in [0.2, 0.25) is 0 Å². The van der Waals surface area contributed by atoms with Crippen LogP contribution >= 0.6 is 0 Å². The minimum absolute atomic E-state index is 0.0339. The molecule has 200 valence electrons. The van der Waals surface area contributed by atoms with Gasteiger partial charge in [-0.05, 0) is 75.8 Å². The number of carbonyl (C=O) groups excluding carboxylic acids is 3. The van der Waals surface area contributed by atoms with Crippen LogP contribution in [0.25, 0.3) is 0 Å². The van der Waals surface area contributed by atoms with E-state index in [1.807, 2.05) is 6.92 Å². The van der Waals surface area contributed by atoms with Gasteiger partial charge in [0.05, 0.1) is 26.4 Å². The van der Waals surface area contributed by atoms with Crippen LogP contribution < -0.4 is 0 Å². The lowest BCUT2D eigenvalue weighted by molar-refractivity contribution is -0.153. The van der Waals surface area contributed by atoms with Crippen molar-refractivity contribution in [2.24, 2.45) is 17.8 Å². The summed E-state index contributed by atoms with van der Waals surface area (Å²) < 4.78 is 15.6. The minimum Gasteiger partial charge on any atom is -0.465 e. The third-order valence-electron chi connectivity index (χ3n) is 7.84. The van der Waals surface area contributed by atoms with E-state index in [2.05, 4.69) is 20.3 Å². The highest BCUT2D eigenvalue weighted by Gasteiger charge is 2.46. The van der Waals surface area contributed by atoms with Crippen molar-refractivity contribution < 1.29 is 28.6 Å². The molecular weight excluding hydrogens is 468 g/mol. The van der Waals surface area contributed by atoms with Crippen LogP contribution in [0.1, 0.15) is 57.8 Å². The average molecular weight is 507 g/mol. The zero-order valence-electron chi connectivity index (χ0n) is 21.7. The summed E-state index contributed by atoms with van der Waals surface area (Å²) in [4.78, 5) is 43.2. The Kier molecular flexibility index (Phi) is 8.43. The normalized spacial score (nSPS) is 30.5. The minimum atomic E-state index is -0.623. The van der Waals surface area contributed by atoms with Crippen LogP contribution in [-0.4, -0.2) is 100 Å². The third-order valence-corrected chi connectivity index (χ3v) is 7.84. The van der Waals surface area contributed by atoms with Crippen LogP contribution in [0.5, 0.6) is 0 Å². The number of carbonyl (C=O) groups is 3. The number of piperidine rings is 1. The number of likely N-dealkylation sites (tertiary alicyclic amines) is 2. The summed E-state index contributed by atoms with van der Waals surface area (Å²) in [6, 6.07) is -0.997. The van der Waals surface area contributed by atoms with Gasteiger partial charge >= 0.3 is 18.0 Å². The Hall–Kier alpha value is -2.76. The smallest absolute Gasteiger partial charge is 0.410 e. The Morgan fingerprint density at radius 3 is 2.31 bits per heavy atom. The summed E-state index contributed by atoms with van der Waals surface area (Å²) in [6.07, 6.45) is 3.58. The second-order valence-corrected chi connectivity index (χ2v) is 10.1. The molecular formula is C24H38N6O6. The average Bonchev–Trinajstić information content (AvgIpc) is 3.49. The second-order valence-electron chi connectivity index (χ2n) is 10.1. The molecule has 1 aromatic heterocycles. The maximum Gasteiger partial charge on any atom is 0.410 e. The molecule has 6 atom stereocenters. The van der Waals surface area contributed by atoms with Gasteiger partial charge in [-0.15, -0.1) is 10.2 Å². The number of rotatable bonds is 7. The number of nitrogens with zero attached hydrogens (tertiary/aromatic N) is 6. The standard InChI is InChI=1S/C24H38N6O6/c1-5-35-22(31)20-11-19(30-26-15(3)25-27-30)14-28(20)12-16-7-8-17-13-29(24(33)34-4)21(10-18(17)9-16)23(32)36-6-2/h16-21H,5-14H2,1-4H3. The van der Waals surface area contributed by atoms with Crippen molar-refractivity contribution in [3.63, 3.8) is 0 Å². The van der Waals surface area contributed by atoms with Gasteiger partial charge in [0, 0.05) is 19.6 Å². The molecule has 1 saturated carbocycles. The third kappa shape index (κ3) is 5.63. The quantitative estimate of drug-likeness (QED) is 0.397. The number of esters is 2. The predicted octanol–water partition coefficient (Wildman–Crippen LogP) is 1.60. The Morgan fingerprint density at radius 2 is 1.67 bits per heavy atom. The van der Waals surface area contributed by atoms with Gasteiger partial charge in [-0.2, -0.15) is 4.80 Å². The molecule has 3 fully saturated rings. The molecule has 36 heavy (non-hydrogen) atoms. The fourth-order valence-corrected chi connectivity index (χ4v) is 6.21. The number of fused-ring (bicyclic) bond motifs is 1. The number of methoxy groups -OCH3 is 1. The Bertz CT molecular complexity index is 940. The number of aromatic nitrogens is 4. The van der Waals surface area contributed by atoms with Gasteiger partial charge < -0.3 is 14.2 Å². The number of hydrogen-bond donors (Lipinski definition) is 0. The van der Waals surface area contributed by atoms with E-state index >= 15 is 0 Å². The lowest BCUT2D eigenvalue weighted by atomic mass is 9.69. The number of hydrogen-bond acceptors (Lipinski definition) is 10. The molecule has 6 unspecified atom stereocenters. The van der Waals surface area contributed by atoms with Crippen LogP contribution in [0.4, 0.5) is 4.79 Å². The lowest BCUT2D eigenvalue weighted by Gasteiger charge is -2.46. The van der Waals surface area contributed by atoms with Gasteiger partial charge in [0.2, 0.25) is 0 Å². The van der Waals surface area contributed by atoms with Crippen molar-refractivity contribution >= 4 is 18.0 Å². The number of ether oxygens (including phenoxy) is 3. The summed E-state index contributed by atoms with van der Waals surface area (Å²) in [7, 11) is 1.34. The zero-order chi connectivity index (χ0) is 25.8. The molecule has 3 aliphatic rings. The molecule has 2 aliphatic heterocycles. The summed E-state index contributed by atoms with van der Waals surface area (Å²) in [5.74, 6) is 1.02. The fourth-order valence-electron chi connectivity index (χ4n) is 6.21. The van der Waals surface area contributed by atoms with E-state index < -0.39 is 12.1 Å². The number of aryl methyl sites for hydroxylation is 1. The van der Waals surface area contributed by atoms with Crippen LogP contribution in [0.15, 0.2) is 0 Å². The predicted molar refractivity (Wildman–Crippen MR) is 127 cm³/mol. The van der Waals surface area contributed by atoms with Crippen LogP contribution in [0.3, 0.4) is 0 Å². The molecule has 0 bridgehead atoms. The second kappa shape index (κ2) is 11.5. The molecule has 0 spiro atoms. The van der Waals surface area contributed by atoms with E-state index in [0.717, 1.165) is 25.8 Å². The van der Waals surface area contributed by atoms with Crippen molar-refractivity contribution in [1.29, 1.82) is 0 Å². The van der Waals surface area contributed by atoms with E-state index in [0.29, 0.717) is 56.1 Å². The zero-order valence-corrected chi connectivity index (χ0v) is 21.7. The molecule has 2 saturated heterocycles. The monoisotopic (exact) mass is 506 g/mol. The first-order valence-corrected chi connectivity index (χ1v) is 13.0. The van der Waals surface area contributed by atoms with Gasteiger partial charge in [-0.3, -0.25) is 14.6 Å². The number of tetrazole rings is 1. The largest absolute Gasteiger partial charge is 0.465 e. The first-order chi connectivity index (χ1) is 17.3. The van der Waals surface area contributed by atoms with Crippen molar-refractivity contribution in [2.75, 3.05) is 40.0 Å². The molecule has 12 nitrogen and oxygen atoms in total. The lowest BCUT2D eigenvalue weighted by Crippen LogP contribution is -2.55. The van der Waals surface area contributed by atoms with Crippen molar-refractivity contribution in [2.45, 2.75) is 71.0 Å². The molecule has 0 N–H and O–H groups in total. The van der Waals surface area contributed by atoms with Gasteiger partial charge in [0.15, 0.2) is 5.82 Å².